The fourth-order valence-corrected chi connectivity index (χ4v) is 5.91. The number of amides is 1. The van der Waals surface area contributed by atoms with E-state index in [1.54, 1.807) is 12.1 Å². The molecule has 7 nitrogen and oxygen atoms in total. The highest BCUT2D eigenvalue weighted by Crippen LogP contribution is 2.29. The molecule has 0 aliphatic carbocycles. The quantitative estimate of drug-likeness (QED) is 0.555. The van der Waals surface area contributed by atoms with E-state index < -0.39 is 15.8 Å². The van der Waals surface area contributed by atoms with Crippen LogP contribution in [0.25, 0.3) is 10.6 Å². The number of carbonyl (C=O) groups excluding carboxylic acids is 1. The van der Waals surface area contributed by atoms with Gasteiger partial charge in [-0.1, -0.05) is 47.2 Å². The van der Waals surface area contributed by atoms with Gasteiger partial charge in [0.2, 0.25) is 21.1 Å². The Morgan fingerprint density at radius 2 is 1.75 bits per heavy atom. The number of nitrogens with zero attached hydrogens (tertiary/aromatic N) is 3. The highest BCUT2D eigenvalue weighted by atomic mass is 35.5. The summed E-state index contributed by atoms with van der Waals surface area (Å²) in [5.74, 6) is -1.11. The Labute approximate surface area is 194 Å². The lowest BCUT2D eigenvalue weighted by Gasteiger charge is -2.30. The molecule has 4 rings (SSSR count). The van der Waals surface area contributed by atoms with Crippen LogP contribution in [0.15, 0.2) is 48.5 Å². The summed E-state index contributed by atoms with van der Waals surface area (Å²) in [5.41, 5.74) is 1.38. The standard InChI is InChI=1S/C21H20ClFN4O3S2/c22-17-5-3-16(4-6-17)20-25-26-21(31-20)24-19(28)15-9-11-27(12-10-15)32(29,30)13-14-1-7-18(23)8-2-14/h1-8,15H,9-13H2,(H,24,26,28). The van der Waals surface area contributed by atoms with Crippen molar-refractivity contribution in [3.05, 3.63) is 64.9 Å². The second-order valence-electron chi connectivity index (χ2n) is 7.46. The number of aromatic nitrogens is 2. The number of carbonyl (C=O) groups is 1. The molecule has 1 N–H and O–H groups in total. The number of hydrogen-bond acceptors (Lipinski definition) is 6. The van der Waals surface area contributed by atoms with Crippen LogP contribution < -0.4 is 5.32 Å². The smallest absolute Gasteiger partial charge is 0.229 e. The molecule has 0 radical (unpaired) electrons. The Morgan fingerprint density at radius 3 is 2.41 bits per heavy atom. The molecule has 1 fully saturated rings. The van der Waals surface area contributed by atoms with Crippen LogP contribution in [0.4, 0.5) is 9.52 Å². The largest absolute Gasteiger partial charge is 0.300 e. The molecule has 0 unspecified atom stereocenters. The van der Waals surface area contributed by atoms with E-state index >= 15 is 0 Å². The molecule has 2 heterocycles. The second-order valence-corrected chi connectivity index (χ2v) is 10.8. The highest BCUT2D eigenvalue weighted by molar-refractivity contribution is 7.88. The number of nitrogens with one attached hydrogen (secondary N) is 1. The highest BCUT2D eigenvalue weighted by Gasteiger charge is 2.31. The number of benzene rings is 2. The topological polar surface area (TPSA) is 92.3 Å². The number of anilines is 1. The van der Waals surface area contributed by atoms with Crippen LogP contribution in [0.5, 0.6) is 0 Å². The molecule has 3 aromatic rings. The van der Waals surface area contributed by atoms with Gasteiger partial charge >= 0.3 is 0 Å². The number of hydrogen-bond donors (Lipinski definition) is 1. The summed E-state index contributed by atoms with van der Waals surface area (Å²) < 4.78 is 39.8. The molecular formula is C21H20ClFN4O3S2. The maximum absolute atomic E-state index is 13.0. The normalized spacial score (nSPS) is 15.6. The molecule has 1 aliphatic heterocycles. The van der Waals surface area contributed by atoms with Gasteiger partial charge in [-0.2, -0.15) is 0 Å². The number of piperidine rings is 1. The zero-order valence-corrected chi connectivity index (χ0v) is 19.3. The molecule has 1 amide bonds. The predicted octanol–water partition coefficient (Wildman–Crippen LogP) is 4.18. The molecule has 32 heavy (non-hydrogen) atoms. The van der Waals surface area contributed by atoms with Crippen molar-refractivity contribution in [2.24, 2.45) is 5.92 Å². The van der Waals surface area contributed by atoms with E-state index in [-0.39, 0.29) is 30.7 Å². The van der Waals surface area contributed by atoms with Crippen molar-refractivity contribution in [3.63, 3.8) is 0 Å². The summed E-state index contributed by atoms with van der Waals surface area (Å²) in [7, 11) is -3.54. The Balaban J connectivity index is 1.31. The molecule has 1 aliphatic rings. The molecule has 168 valence electrons. The zero-order chi connectivity index (χ0) is 22.7. The molecule has 0 saturated carbocycles. The number of halogens is 2. The first-order valence-electron chi connectivity index (χ1n) is 9.93. The van der Waals surface area contributed by atoms with Gasteiger partial charge in [-0.3, -0.25) is 4.79 Å². The minimum atomic E-state index is -3.54. The molecule has 11 heteroatoms. The van der Waals surface area contributed by atoms with Crippen molar-refractivity contribution in [3.8, 4) is 10.6 Å². The monoisotopic (exact) mass is 494 g/mol. The van der Waals surface area contributed by atoms with E-state index in [1.165, 1.54) is 39.9 Å². The van der Waals surface area contributed by atoms with E-state index in [2.05, 4.69) is 15.5 Å². The van der Waals surface area contributed by atoms with Crippen LogP contribution in [0, 0.1) is 11.7 Å². The molecule has 1 aromatic heterocycles. The molecule has 2 aromatic carbocycles. The van der Waals surface area contributed by atoms with Gasteiger partial charge in [0.1, 0.15) is 10.8 Å². The third-order valence-electron chi connectivity index (χ3n) is 5.23. The Hall–Kier alpha value is -2.40. The summed E-state index contributed by atoms with van der Waals surface area (Å²) in [6.07, 6.45) is 0.828. The van der Waals surface area contributed by atoms with Crippen molar-refractivity contribution in [1.29, 1.82) is 0 Å². The van der Waals surface area contributed by atoms with Gasteiger partial charge in [0, 0.05) is 29.6 Å². The summed E-state index contributed by atoms with van der Waals surface area (Å²) in [6.45, 7) is 0.515. The van der Waals surface area contributed by atoms with Crippen LogP contribution in [0.1, 0.15) is 18.4 Å². The van der Waals surface area contributed by atoms with Gasteiger partial charge < -0.3 is 5.32 Å². The second kappa shape index (κ2) is 9.62. The average molecular weight is 495 g/mol. The molecule has 1 saturated heterocycles. The maximum Gasteiger partial charge on any atom is 0.229 e. The SMILES string of the molecule is O=C(Nc1nnc(-c2ccc(Cl)cc2)s1)C1CCN(S(=O)(=O)Cc2ccc(F)cc2)CC1. The molecule has 0 atom stereocenters. The minimum absolute atomic E-state index is 0.192. The van der Waals surface area contributed by atoms with E-state index in [1.807, 2.05) is 12.1 Å². The van der Waals surface area contributed by atoms with Gasteiger partial charge in [0.25, 0.3) is 0 Å². The van der Waals surface area contributed by atoms with E-state index in [9.17, 15) is 17.6 Å². The number of rotatable bonds is 6. The van der Waals surface area contributed by atoms with Crippen LogP contribution in [-0.4, -0.2) is 41.9 Å². The van der Waals surface area contributed by atoms with Crippen molar-refractivity contribution in [2.75, 3.05) is 18.4 Å². The first-order valence-corrected chi connectivity index (χ1v) is 12.7. The predicted molar refractivity (Wildman–Crippen MR) is 122 cm³/mol. The van der Waals surface area contributed by atoms with Gasteiger partial charge in [-0.05, 0) is 42.7 Å². The third-order valence-corrected chi connectivity index (χ3v) is 8.22. The summed E-state index contributed by atoms with van der Waals surface area (Å²) >= 11 is 7.16. The van der Waals surface area contributed by atoms with Crippen molar-refractivity contribution in [2.45, 2.75) is 18.6 Å². The summed E-state index contributed by atoms with van der Waals surface area (Å²) in [6, 6.07) is 12.6. The molecular weight excluding hydrogens is 475 g/mol. The Kier molecular flexibility index (Phi) is 6.85. The van der Waals surface area contributed by atoms with Gasteiger partial charge in [-0.15, -0.1) is 10.2 Å². The fraction of sp³-hybridized carbons (Fsp3) is 0.286. The van der Waals surface area contributed by atoms with Gasteiger partial charge in [0.15, 0.2) is 0 Å². The van der Waals surface area contributed by atoms with Gasteiger partial charge in [-0.25, -0.2) is 17.1 Å². The van der Waals surface area contributed by atoms with Crippen LogP contribution >= 0.6 is 22.9 Å². The lowest BCUT2D eigenvalue weighted by molar-refractivity contribution is -0.120. The lowest BCUT2D eigenvalue weighted by Crippen LogP contribution is -2.41. The summed E-state index contributed by atoms with van der Waals surface area (Å²) in [5, 5.41) is 12.6. The van der Waals surface area contributed by atoms with E-state index in [4.69, 9.17) is 11.6 Å². The first-order chi connectivity index (χ1) is 15.3. The zero-order valence-electron chi connectivity index (χ0n) is 16.9. The molecule has 0 spiro atoms. The Morgan fingerprint density at radius 1 is 1.09 bits per heavy atom. The average Bonchev–Trinajstić information content (AvgIpc) is 3.24. The lowest BCUT2D eigenvalue weighted by atomic mass is 9.97. The Bertz CT molecular complexity index is 1190. The molecule has 0 bridgehead atoms. The number of sulfonamides is 1. The van der Waals surface area contributed by atoms with Crippen LogP contribution in [0.3, 0.4) is 0 Å². The third kappa shape index (κ3) is 5.50. The fourth-order valence-electron chi connectivity index (χ4n) is 3.47. The van der Waals surface area contributed by atoms with Gasteiger partial charge in [0.05, 0.1) is 5.75 Å². The van der Waals surface area contributed by atoms with E-state index in [0.29, 0.717) is 33.6 Å². The van der Waals surface area contributed by atoms with E-state index in [0.717, 1.165) is 5.56 Å². The minimum Gasteiger partial charge on any atom is -0.300 e. The first kappa shape index (κ1) is 22.8. The van der Waals surface area contributed by atoms with Crippen molar-refractivity contribution in [1.82, 2.24) is 14.5 Å². The summed E-state index contributed by atoms with van der Waals surface area (Å²) in [4.78, 5) is 12.6. The van der Waals surface area contributed by atoms with Crippen molar-refractivity contribution >= 4 is 44.0 Å². The van der Waals surface area contributed by atoms with Crippen molar-refractivity contribution < 1.29 is 17.6 Å². The van der Waals surface area contributed by atoms with Crippen LogP contribution in [-0.2, 0) is 20.6 Å². The van der Waals surface area contributed by atoms with Crippen LogP contribution in [0.2, 0.25) is 5.02 Å². The maximum atomic E-state index is 13.0.